The molecule has 0 saturated carbocycles. The van der Waals surface area contributed by atoms with E-state index in [0.717, 1.165) is 0 Å². The minimum atomic E-state index is -4.91. The summed E-state index contributed by atoms with van der Waals surface area (Å²) < 4.78 is 48.1. The van der Waals surface area contributed by atoms with Crippen LogP contribution in [0.1, 0.15) is 5.56 Å². The van der Waals surface area contributed by atoms with Gasteiger partial charge < -0.3 is 11.5 Å². The Morgan fingerprint density at radius 2 is 1.89 bits per heavy atom. The fourth-order valence-electron chi connectivity index (χ4n) is 1.39. The van der Waals surface area contributed by atoms with E-state index >= 15 is 0 Å². The van der Waals surface area contributed by atoms with E-state index in [-0.39, 0.29) is 5.69 Å². The highest BCUT2D eigenvalue weighted by molar-refractivity contribution is 7.89. The van der Waals surface area contributed by atoms with E-state index in [4.69, 9.17) is 11.5 Å². The third-order valence-electron chi connectivity index (χ3n) is 2.32. The second-order valence-corrected chi connectivity index (χ2v) is 5.64. The number of para-hydroxylation sites is 1. The monoisotopic (exact) mass is 293 g/mol. The number of rotatable bonds is 6. The summed E-state index contributed by atoms with van der Waals surface area (Å²) in [5, 5.41) is 0. The minimum absolute atomic E-state index is 0.237. The maximum atomic E-state index is 12.5. The van der Waals surface area contributed by atoms with Crippen LogP contribution < -0.4 is 11.5 Å². The lowest BCUT2D eigenvalue weighted by molar-refractivity contribution is -0.118. The van der Waals surface area contributed by atoms with Gasteiger partial charge >= 0.3 is 5.76 Å². The second-order valence-electron chi connectivity index (χ2n) is 3.74. The van der Waals surface area contributed by atoms with Crippen LogP contribution in [0.2, 0.25) is 0 Å². The highest BCUT2D eigenvalue weighted by atomic mass is 32.2. The molecule has 0 aliphatic carbocycles. The van der Waals surface area contributed by atoms with Crippen LogP contribution >= 0.6 is 0 Å². The lowest BCUT2D eigenvalue weighted by atomic mass is 10.2. The van der Waals surface area contributed by atoms with Crippen molar-refractivity contribution in [3.05, 3.63) is 29.8 Å². The van der Waals surface area contributed by atoms with Crippen molar-refractivity contribution in [3.63, 3.8) is 0 Å². The van der Waals surface area contributed by atoms with Crippen molar-refractivity contribution < 1.29 is 22.0 Å². The first kappa shape index (κ1) is 15.3. The van der Waals surface area contributed by atoms with Crippen molar-refractivity contribution in [1.82, 2.24) is 4.31 Å². The van der Waals surface area contributed by atoms with Crippen LogP contribution in [-0.4, -0.2) is 30.9 Å². The first-order chi connectivity index (χ1) is 8.75. The summed E-state index contributed by atoms with van der Waals surface area (Å²) >= 11 is 0. The number of halogens is 2. The Bertz CT molecular complexity index is 563. The standard InChI is InChI=1S/C10H13F2N3O3S/c11-10(12)19(17,18)15(6-9(14)16)5-7-3-1-2-4-8(7)13/h1-4,10H,5-6,13H2,(H2,14,16). The Kier molecular flexibility index (Phi) is 4.78. The number of amides is 1. The molecule has 0 saturated heterocycles. The number of nitrogen functional groups attached to an aromatic ring is 1. The lowest BCUT2D eigenvalue weighted by Gasteiger charge is -2.20. The summed E-state index contributed by atoms with van der Waals surface area (Å²) in [6, 6.07) is 6.15. The molecule has 0 bridgehead atoms. The number of hydrogen-bond donors (Lipinski definition) is 2. The van der Waals surface area contributed by atoms with E-state index in [9.17, 15) is 22.0 Å². The molecule has 0 fully saturated rings. The SMILES string of the molecule is NC(=O)CN(Cc1ccccc1N)S(=O)(=O)C(F)F. The molecule has 0 aromatic heterocycles. The van der Waals surface area contributed by atoms with Gasteiger partial charge in [0.25, 0.3) is 10.0 Å². The predicted octanol–water partition coefficient (Wildman–Crippen LogP) is 0.109. The Balaban J connectivity index is 3.07. The van der Waals surface area contributed by atoms with Gasteiger partial charge in [-0.3, -0.25) is 4.79 Å². The molecule has 4 N–H and O–H groups in total. The predicted molar refractivity (Wildman–Crippen MR) is 65.4 cm³/mol. The normalized spacial score (nSPS) is 12.0. The summed E-state index contributed by atoms with van der Waals surface area (Å²) in [6.07, 6.45) is 0. The Morgan fingerprint density at radius 1 is 1.32 bits per heavy atom. The van der Waals surface area contributed by atoms with E-state index in [1.807, 2.05) is 0 Å². The van der Waals surface area contributed by atoms with Gasteiger partial charge in [-0.2, -0.15) is 13.1 Å². The van der Waals surface area contributed by atoms with Crippen molar-refractivity contribution in [2.75, 3.05) is 12.3 Å². The van der Waals surface area contributed by atoms with Gasteiger partial charge in [0.2, 0.25) is 5.91 Å². The van der Waals surface area contributed by atoms with E-state index < -0.39 is 34.8 Å². The zero-order chi connectivity index (χ0) is 14.6. The van der Waals surface area contributed by atoms with Gasteiger partial charge in [-0.05, 0) is 11.6 Å². The lowest BCUT2D eigenvalue weighted by Crippen LogP contribution is -2.40. The molecule has 1 aromatic rings. The average Bonchev–Trinajstić information content (AvgIpc) is 2.30. The summed E-state index contributed by atoms with van der Waals surface area (Å²) in [5.74, 6) is -4.66. The zero-order valence-electron chi connectivity index (χ0n) is 9.79. The molecule has 19 heavy (non-hydrogen) atoms. The maximum absolute atomic E-state index is 12.5. The zero-order valence-corrected chi connectivity index (χ0v) is 10.6. The van der Waals surface area contributed by atoms with Crippen molar-refractivity contribution >= 4 is 21.6 Å². The molecule has 1 rings (SSSR count). The van der Waals surface area contributed by atoms with Gasteiger partial charge in [0.05, 0.1) is 6.54 Å². The van der Waals surface area contributed by atoms with Gasteiger partial charge in [0.1, 0.15) is 0 Å². The molecule has 0 aliphatic heterocycles. The van der Waals surface area contributed by atoms with Crippen molar-refractivity contribution in [2.45, 2.75) is 12.3 Å². The fraction of sp³-hybridized carbons (Fsp3) is 0.300. The maximum Gasteiger partial charge on any atom is 0.350 e. The molecule has 1 amide bonds. The topological polar surface area (TPSA) is 106 Å². The summed E-state index contributed by atoms with van der Waals surface area (Å²) in [4.78, 5) is 10.8. The molecule has 0 radical (unpaired) electrons. The van der Waals surface area contributed by atoms with E-state index in [0.29, 0.717) is 9.87 Å². The highest BCUT2D eigenvalue weighted by Crippen LogP contribution is 2.19. The van der Waals surface area contributed by atoms with Gasteiger partial charge in [0, 0.05) is 12.2 Å². The first-order valence-corrected chi connectivity index (χ1v) is 6.64. The molecule has 0 aliphatic rings. The van der Waals surface area contributed by atoms with Crippen LogP contribution in [0.4, 0.5) is 14.5 Å². The number of benzene rings is 1. The molecule has 1 aromatic carbocycles. The molecule has 0 heterocycles. The average molecular weight is 293 g/mol. The third-order valence-corrected chi connectivity index (χ3v) is 3.75. The third kappa shape index (κ3) is 3.86. The summed E-state index contributed by atoms with van der Waals surface area (Å²) in [5.41, 5.74) is 11.0. The van der Waals surface area contributed by atoms with Crippen LogP contribution in [0.15, 0.2) is 24.3 Å². The largest absolute Gasteiger partial charge is 0.398 e. The van der Waals surface area contributed by atoms with Crippen LogP contribution in [0, 0.1) is 0 Å². The van der Waals surface area contributed by atoms with E-state index in [1.165, 1.54) is 12.1 Å². The molecule has 6 nitrogen and oxygen atoms in total. The Labute approximate surface area is 109 Å². The number of carbonyl (C=O) groups is 1. The molecular weight excluding hydrogens is 280 g/mol. The molecule has 106 valence electrons. The van der Waals surface area contributed by atoms with Crippen LogP contribution in [0.5, 0.6) is 0 Å². The fourth-order valence-corrected chi connectivity index (χ4v) is 2.24. The van der Waals surface area contributed by atoms with E-state index in [1.54, 1.807) is 12.1 Å². The smallest absolute Gasteiger partial charge is 0.350 e. The van der Waals surface area contributed by atoms with E-state index in [2.05, 4.69) is 0 Å². The molecule has 9 heteroatoms. The van der Waals surface area contributed by atoms with Crippen LogP contribution in [-0.2, 0) is 21.4 Å². The van der Waals surface area contributed by atoms with Crippen molar-refractivity contribution in [2.24, 2.45) is 5.73 Å². The number of sulfonamides is 1. The van der Waals surface area contributed by atoms with Gasteiger partial charge in [-0.15, -0.1) is 0 Å². The number of hydrogen-bond acceptors (Lipinski definition) is 4. The van der Waals surface area contributed by atoms with Crippen LogP contribution in [0.25, 0.3) is 0 Å². The van der Waals surface area contributed by atoms with Gasteiger partial charge in [0.15, 0.2) is 0 Å². The van der Waals surface area contributed by atoms with Crippen molar-refractivity contribution in [3.8, 4) is 0 Å². The number of anilines is 1. The minimum Gasteiger partial charge on any atom is -0.398 e. The number of primary amides is 1. The highest BCUT2D eigenvalue weighted by Gasteiger charge is 2.33. The summed E-state index contributed by atoms with van der Waals surface area (Å²) in [7, 11) is -4.91. The summed E-state index contributed by atoms with van der Waals surface area (Å²) in [6.45, 7) is -1.27. The van der Waals surface area contributed by atoms with Gasteiger partial charge in [-0.25, -0.2) is 8.42 Å². The Morgan fingerprint density at radius 3 is 2.37 bits per heavy atom. The Hall–Kier alpha value is -1.74. The number of nitrogens with two attached hydrogens (primary N) is 2. The number of carbonyl (C=O) groups excluding carboxylic acids is 1. The van der Waals surface area contributed by atoms with Crippen LogP contribution in [0.3, 0.4) is 0 Å². The van der Waals surface area contributed by atoms with Gasteiger partial charge in [-0.1, -0.05) is 18.2 Å². The van der Waals surface area contributed by atoms with Crippen molar-refractivity contribution in [1.29, 1.82) is 0 Å². The molecule has 0 atom stereocenters. The first-order valence-electron chi connectivity index (χ1n) is 5.14. The molecular formula is C10H13F2N3O3S. The number of nitrogens with zero attached hydrogens (tertiary/aromatic N) is 1. The quantitative estimate of drug-likeness (QED) is 0.726. The molecule has 0 unspecified atom stereocenters. The number of alkyl halides is 2. The molecule has 0 spiro atoms. The second kappa shape index (κ2) is 5.93.